The number of H-pyrrole nitrogens is 1. The second kappa shape index (κ2) is 8.97. The molecule has 0 aliphatic heterocycles. The van der Waals surface area contributed by atoms with Gasteiger partial charge in [0.1, 0.15) is 11.3 Å². The number of aromatic nitrogens is 5. The molecule has 4 N–H and O–H groups in total. The lowest BCUT2D eigenvalue weighted by molar-refractivity contribution is 0.425. The second-order valence-electron chi connectivity index (χ2n) is 7.43. The van der Waals surface area contributed by atoms with E-state index in [1.807, 2.05) is 40.1 Å². The minimum Gasteiger partial charge on any atom is -0.382 e. The Kier molecular flexibility index (Phi) is 6.58. The van der Waals surface area contributed by atoms with Crippen LogP contribution in [0.2, 0.25) is 0 Å². The molecule has 0 radical (unpaired) electrons. The van der Waals surface area contributed by atoms with Crippen molar-refractivity contribution in [3.05, 3.63) is 34.4 Å². The third-order valence-corrected chi connectivity index (χ3v) is 8.03. The van der Waals surface area contributed by atoms with Crippen molar-refractivity contribution in [3.63, 3.8) is 0 Å². The first-order valence-electron chi connectivity index (χ1n) is 9.95. The first kappa shape index (κ1) is 22.0. The van der Waals surface area contributed by atoms with Gasteiger partial charge in [-0.05, 0) is 25.7 Å². The van der Waals surface area contributed by atoms with Gasteiger partial charge in [-0.3, -0.25) is 4.57 Å². The highest BCUT2D eigenvalue weighted by molar-refractivity contribution is 7.71. The standard InChI is InChI=1S/C19H29N8O2P/c1-5-30(29,6-2)18-24-16(20)15-17(25-18)27(19(28)23-15)12-13-7-8-14(22-11-13)21-9-10-26(3)4/h7-8,11H,5-6,9-10,12H2,1-4H3,(H,21,22)(H,23,28)(H2,20,24,25). The van der Waals surface area contributed by atoms with Crippen LogP contribution in [0.25, 0.3) is 11.2 Å². The highest BCUT2D eigenvalue weighted by Gasteiger charge is 2.26. The van der Waals surface area contributed by atoms with Gasteiger partial charge < -0.3 is 25.5 Å². The number of nitrogens with zero attached hydrogens (tertiary/aromatic N) is 5. The van der Waals surface area contributed by atoms with Crippen molar-refractivity contribution in [1.82, 2.24) is 29.4 Å². The van der Waals surface area contributed by atoms with E-state index in [2.05, 4.69) is 30.2 Å². The van der Waals surface area contributed by atoms with E-state index in [4.69, 9.17) is 5.73 Å². The summed E-state index contributed by atoms with van der Waals surface area (Å²) < 4.78 is 14.6. The number of hydrogen-bond donors (Lipinski definition) is 3. The van der Waals surface area contributed by atoms with Gasteiger partial charge in [0, 0.05) is 31.6 Å². The Balaban J connectivity index is 1.91. The van der Waals surface area contributed by atoms with E-state index in [-0.39, 0.29) is 23.6 Å². The third kappa shape index (κ3) is 4.55. The van der Waals surface area contributed by atoms with Crippen molar-refractivity contribution in [3.8, 4) is 0 Å². The molecule has 0 aliphatic carbocycles. The van der Waals surface area contributed by atoms with Crippen molar-refractivity contribution in [2.24, 2.45) is 0 Å². The van der Waals surface area contributed by atoms with Gasteiger partial charge in [-0.25, -0.2) is 19.7 Å². The van der Waals surface area contributed by atoms with Crippen molar-refractivity contribution >= 4 is 35.5 Å². The van der Waals surface area contributed by atoms with Crippen LogP contribution in [0.15, 0.2) is 23.1 Å². The van der Waals surface area contributed by atoms with E-state index in [0.29, 0.717) is 23.5 Å². The first-order valence-corrected chi connectivity index (χ1v) is 12.0. The Morgan fingerprint density at radius 3 is 2.57 bits per heavy atom. The molecule has 0 spiro atoms. The van der Waals surface area contributed by atoms with Crippen LogP contribution in [0.4, 0.5) is 11.6 Å². The SMILES string of the molecule is CCP(=O)(CC)c1nc(N)c2[nH]c(=O)n(Cc3ccc(NCCN(C)C)nc3)c2n1. The maximum Gasteiger partial charge on any atom is 0.328 e. The van der Waals surface area contributed by atoms with E-state index >= 15 is 0 Å². The number of nitrogens with two attached hydrogens (primary N) is 1. The fourth-order valence-electron chi connectivity index (χ4n) is 3.09. The van der Waals surface area contributed by atoms with Gasteiger partial charge >= 0.3 is 5.69 Å². The maximum absolute atomic E-state index is 13.1. The quantitative estimate of drug-likeness (QED) is 0.429. The first-order chi connectivity index (χ1) is 14.3. The lowest BCUT2D eigenvalue weighted by atomic mass is 10.3. The fraction of sp³-hybridized carbons (Fsp3) is 0.474. The molecule has 0 aromatic carbocycles. The highest BCUT2D eigenvalue weighted by atomic mass is 31.2. The molecular formula is C19H29N8O2P. The Morgan fingerprint density at radius 2 is 1.97 bits per heavy atom. The Bertz CT molecular complexity index is 1110. The molecular weight excluding hydrogens is 403 g/mol. The van der Waals surface area contributed by atoms with Crippen LogP contribution in [0.3, 0.4) is 0 Å². The van der Waals surface area contributed by atoms with Gasteiger partial charge in [-0.1, -0.05) is 19.9 Å². The van der Waals surface area contributed by atoms with Crippen molar-refractivity contribution in [2.75, 3.05) is 50.6 Å². The molecule has 162 valence electrons. The predicted molar refractivity (Wildman–Crippen MR) is 121 cm³/mol. The summed E-state index contributed by atoms with van der Waals surface area (Å²) in [5.74, 6) is 0.902. The van der Waals surface area contributed by atoms with Gasteiger partial charge in [0.05, 0.1) is 6.54 Å². The van der Waals surface area contributed by atoms with Gasteiger partial charge in [-0.15, -0.1) is 0 Å². The summed E-state index contributed by atoms with van der Waals surface area (Å²) in [6.45, 7) is 5.64. The molecule has 0 unspecified atom stereocenters. The molecule has 30 heavy (non-hydrogen) atoms. The molecule has 3 heterocycles. The van der Waals surface area contributed by atoms with E-state index in [9.17, 15) is 9.36 Å². The van der Waals surface area contributed by atoms with Crippen LogP contribution >= 0.6 is 7.14 Å². The molecule has 3 aromatic rings. The molecule has 3 aromatic heterocycles. The number of imidazole rings is 1. The van der Waals surface area contributed by atoms with Crippen LogP contribution in [0.1, 0.15) is 19.4 Å². The summed E-state index contributed by atoms with van der Waals surface area (Å²) in [5.41, 5.74) is 7.48. The number of hydrogen-bond acceptors (Lipinski definition) is 8. The molecule has 0 saturated heterocycles. The Hall–Kier alpha value is -2.71. The normalized spacial score (nSPS) is 12.0. The van der Waals surface area contributed by atoms with E-state index in [1.54, 1.807) is 6.20 Å². The molecule has 0 fully saturated rings. The summed E-state index contributed by atoms with van der Waals surface area (Å²) in [6, 6.07) is 3.78. The third-order valence-electron chi connectivity index (χ3n) is 5.06. The van der Waals surface area contributed by atoms with Crippen LogP contribution in [-0.4, -0.2) is 68.9 Å². The molecule has 0 aliphatic rings. The Morgan fingerprint density at radius 1 is 1.23 bits per heavy atom. The zero-order chi connectivity index (χ0) is 21.9. The zero-order valence-electron chi connectivity index (χ0n) is 17.8. The van der Waals surface area contributed by atoms with Crippen molar-refractivity contribution < 1.29 is 4.57 Å². The molecule has 0 bridgehead atoms. The number of rotatable bonds is 9. The Labute approximate surface area is 175 Å². The summed E-state index contributed by atoms with van der Waals surface area (Å²) in [4.78, 5) is 30.5. The van der Waals surface area contributed by atoms with Crippen molar-refractivity contribution in [2.45, 2.75) is 20.4 Å². The van der Waals surface area contributed by atoms with E-state index in [0.717, 1.165) is 24.5 Å². The number of nitrogens with one attached hydrogen (secondary N) is 2. The van der Waals surface area contributed by atoms with E-state index < -0.39 is 7.14 Å². The van der Waals surface area contributed by atoms with Gasteiger partial charge in [0.15, 0.2) is 24.2 Å². The minimum atomic E-state index is -2.74. The molecule has 3 rings (SSSR count). The summed E-state index contributed by atoms with van der Waals surface area (Å²) in [6.07, 6.45) is 2.60. The zero-order valence-corrected chi connectivity index (χ0v) is 18.7. The molecule has 11 heteroatoms. The summed E-state index contributed by atoms with van der Waals surface area (Å²) in [7, 11) is 1.29. The lowest BCUT2D eigenvalue weighted by Gasteiger charge is -2.13. The average Bonchev–Trinajstić information content (AvgIpc) is 3.04. The van der Waals surface area contributed by atoms with Crippen LogP contribution in [-0.2, 0) is 11.1 Å². The molecule has 0 atom stereocenters. The number of fused-ring (bicyclic) bond motifs is 1. The number of anilines is 2. The van der Waals surface area contributed by atoms with Crippen LogP contribution in [0, 0.1) is 0 Å². The minimum absolute atomic E-state index is 0.131. The molecule has 0 saturated carbocycles. The number of aromatic amines is 1. The van der Waals surface area contributed by atoms with Gasteiger partial charge in [0.25, 0.3) is 0 Å². The monoisotopic (exact) mass is 432 g/mol. The highest BCUT2D eigenvalue weighted by Crippen LogP contribution is 2.42. The van der Waals surface area contributed by atoms with Crippen LogP contribution in [0.5, 0.6) is 0 Å². The topological polar surface area (TPSA) is 135 Å². The molecule has 0 amide bonds. The van der Waals surface area contributed by atoms with Crippen molar-refractivity contribution in [1.29, 1.82) is 0 Å². The predicted octanol–water partition coefficient (Wildman–Crippen LogP) is 1.15. The van der Waals surface area contributed by atoms with E-state index in [1.165, 1.54) is 4.57 Å². The number of likely N-dealkylation sites (N-methyl/N-ethyl adjacent to an activating group) is 1. The van der Waals surface area contributed by atoms with Gasteiger partial charge in [-0.2, -0.15) is 0 Å². The lowest BCUT2D eigenvalue weighted by Crippen LogP contribution is -2.22. The van der Waals surface area contributed by atoms with Gasteiger partial charge in [0.2, 0.25) is 0 Å². The summed E-state index contributed by atoms with van der Waals surface area (Å²) in [5, 5.41) is 3.25. The number of pyridine rings is 1. The largest absolute Gasteiger partial charge is 0.382 e. The fourth-order valence-corrected chi connectivity index (χ4v) is 4.67. The summed E-state index contributed by atoms with van der Waals surface area (Å²) >= 11 is 0. The average molecular weight is 432 g/mol. The maximum atomic E-state index is 13.1. The molecule has 10 nitrogen and oxygen atoms in total. The smallest absolute Gasteiger partial charge is 0.328 e. The number of nitrogen functional groups attached to an aromatic ring is 1. The second-order valence-corrected chi connectivity index (χ2v) is 10.9. The van der Waals surface area contributed by atoms with Crippen LogP contribution < -0.4 is 22.3 Å².